The summed E-state index contributed by atoms with van der Waals surface area (Å²) in [6.45, 7) is 0. The minimum absolute atomic E-state index is 0.255. The molecule has 0 aromatic heterocycles. The number of primary amides is 1. The summed E-state index contributed by atoms with van der Waals surface area (Å²) >= 11 is 6.03. The van der Waals surface area contributed by atoms with Gasteiger partial charge in [0.1, 0.15) is 0 Å². The normalized spacial score (nSPS) is 12.1. The van der Waals surface area contributed by atoms with E-state index >= 15 is 0 Å². The Hall–Kier alpha value is -1.85. The molecule has 20 heavy (non-hydrogen) atoms. The molecule has 6 heteroatoms. The zero-order valence-corrected chi connectivity index (χ0v) is 12.1. The third-order valence-electron chi connectivity index (χ3n) is 2.71. The molecule has 0 aliphatic heterocycles. The van der Waals surface area contributed by atoms with Crippen LogP contribution in [0.4, 0.5) is 5.69 Å². The van der Waals surface area contributed by atoms with Crippen LogP contribution in [0.25, 0.3) is 0 Å². The van der Waals surface area contributed by atoms with Crippen molar-refractivity contribution in [2.75, 3.05) is 5.73 Å². The Morgan fingerprint density at radius 1 is 1.20 bits per heavy atom. The molecule has 2 aromatic carbocycles. The number of nitrogen functional groups attached to an aromatic ring is 1. The molecule has 0 radical (unpaired) electrons. The Morgan fingerprint density at radius 3 is 2.60 bits per heavy atom. The minimum atomic E-state index is -1.32. The first kappa shape index (κ1) is 14.6. The van der Waals surface area contributed by atoms with Crippen molar-refractivity contribution in [3.63, 3.8) is 0 Å². The quantitative estimate of drug-likeness (QED) is 0.850. The molecule has 4 nitrogen and oxygen atoms in total. The molecule has 1 unspecified atom stereocenters. The van der Waals surface area contributed by atoms with Crippen molar-refractivity contribution < 1.29 is 9.00 Å². The molecular formula is C14H13ClN2O2S. The summed E-state index contributed by atoms with van der Waals surface area (Å²) < 4.78 is 12.3. The van der Waals surface area contributed by atoms with E-state index in [1.807, 2.05) is 0 Å². The Labute approximate surface area is 124 Å². The van der Waals surface area contributed by atoms with Gasteiger partial charge in [-0.05, 0) is 35.9 Å². The fourth-order valence-electron chi connectivity index (χ4n) is 1.75. The summed E-state index contributed by atoms with van der Waals surface area (Å²) in [6.07, 6.45) is 0. The van der Waals surface area contributed by atoms with Gasteiger partial charge in [-0.25, -0.2) is 0 Å². The van der Waals surface area contributed by atoms with E-state index in [0.717, 1.165) is 5.56 Å². The molecule has 2 aromatic rings. The van der Waals surface area contributed by atoms with Crippen molar-refractivity contribution in [1.82, 2.24) is 0 Å². The molecular weight excluding hydrogens is 296 g/mol. The highest BCUT2D eigenvalue weighted by Gasteiger charge is 2.11. The monoisotopic (exact) mass is 308 g/mol. The number of hydrogen-bond acceptors (Lipinski definition) is 3. The van der Waals surface area contributed by atoms with Crippen LogP contribution in [0, 0.1) is 0 Å². The molecule has 0 aliphatic rings. The first-order valence-corrected chi connectivity index (χ1v) is 7.49. The average molecular weight is 309 g/mol. The highest BCUT2D eigenvalue weighted by Crippen LogP contribution is 2.24. The first-order chi connectivity index (χ1) is 9.47. The second-order valence-electron chi connectivity index (χ2n) is 4.24. The summed E-state index contributed by atoms with van der Waals surface area (Å²) in [5.74, 6) is -0.256. The number of rotatable bonds is 4. The van der Waals surface area contributed by atoms with Gasteiger partial charge in [-0.2, -0.15) is 0 Å². The van der Waals surface area contributed by atoms with Gasteiger partial charge in [-0.15, -0.1) is 0 Å². The predicted octanol–water partition coefficient (Wildman–Crippen LogP) is 2.33. The molecule has 2 rings (SSSR count). The second kappa shape index (κ2) is 6.07. The Morgan fingerprint density at radius 2 is 1.95 bits per heavy atom. The highest BCUT2D eigenvalue weighted by molar-refractivity contribution is 7.84. The largest absolute Gasteiger partial charge is 0.399 e. The van der Waals surface area contributed by atoms with Gasteiger partial charge in [-0.1, -0.05) is 23.7 Å². The van der Waals surface area contributed by atoms with Crippen molar-refractivity contribution >= 4 is 34.0 Å². The number of benzene rings is 2. The number of halogens is 1. The Kier molecular flexibility index (Phi) is 4.42. The van der Waals surface area contributed by atoms with Crippen LogP contribution in [0.5, 0.6) is 0 Å². The number of anilines is 1. The summed E-state index contributed by atoms with van der Waals surface area (Å²) in [5, 5.41) is 0.370. The fourth-order valence-corrected chi connectivity index (χ4v) is 3.33. The van der Waals surface area contributed by atoms with Gasteiger partial charge in [0.05, 0.1) is 26.5 Å². The molecule has 0 saturated carbocycles. The van der Waals surface area contributed by atoms with Crippen LogP contribution in [0.3, 0.4) is 0 Å². The van der Waals surface area contributed by atoms with E-state index in [0.29, 0.717) is 21.2 Å². The van der Waals surface area contributed by atoms with Crippen LogP contribution in [-0.4, -0.2) is 10.1 Å². The third kappa shape index (κ3) is 3.37. The fraction of sp³-hybridized carbons (Fsp3) is 0.0714. The lowest BCUT2D eigenvalue weighted by molar-refractivity contribution is 0.1000. The Bertz CT molecular complexity index is 689. The lowest BCUT2D eigenvalue weighted by atomic mass is 10.1. The lowest BCUT2D eigenvalue weighted by Crippen LogP contribution is -2.11. The number of carbonyl (C=O) groups is 1. The van der Waals surface area contributed by atoms with Gasteiger partial charge in [0, 0.05) is 11.3 Å². The maximum atomic E-state index is 12.3. The van der Waals surface area contributed by atoms with E-state index in [1.165, 1.54) is 0 Å². The summed E-state index contributed by atoms with van der Waals surface area (Å²) in [4.78, 5) is 11.6. The standard InChI is InChI=1S/C14H13ClN2O2S/c15-12-7-11(16)4-5-13(12)20(19)8-9-2-1-3-10(6-9)14(17)18/h1-7H,8,16H2,(H2,17,18). The molecule has 0 aliphatic carbocycles. The van der Waals surface area contributed by atoms with Crippen molar-refractivity contribution in [2.24, 2.45) is 5.73 Å². The van der Waals surface area contributed by atoms with Crippen LogP contribution in [0.2, 0.25) is 5.02 Å². The second-order valence-corrected chi connectivity index (χ2v) is 6.07. The van der Waals surface area contributed by atoms with Gasteiger partial charge in [0.2, 0.25) is 5.91 Å². The Balaban J connectivity index is 2.23. The zero-order valence-electron chi connectivity index (χ0n) is 10.5. The topological polar surface area (TPSA) is 86.2 Å². The number of carbonyl (C=O) groups excluding carboxylic acids is 1. The van der Waals surface area contributed by atoms with Crippen molar-refractivity contribution in [1.29, 1.82) is 0 Å². The third-order valence-corrected chi connectivity index (χ3v) is 4.58. The van der Waals surface area contributed by atoms with Crippen LogP contribution >= 0.6 is 11.6 Å². The maximum Gasteiger partial charge on any atom is 0.248 e. The van der Waals surface area contributed by atoms with E-state index in [-0.39, 0.29) is 5.75 Å². The molecule has 0 heterocycles. The van der Waals surface area contributed by atoms with Gasteiger partial charge in [-0.3, -0.25) is 9.00 Å². The maximum absolute atomic E-state index is 12.3. The van der Waals surface area contributed by atoms with Crippen molar-refractivity contribution in [3.05, 3.63) is 58.6 Å². The predicted molar refractivity (Wildman–Crippen MR) is 80.9 cm³/mol. The average Bonchev–Trinajstić information content (AvgIpc) is 2.38. The van der Waals surface area contributed by atoms with E-state index < -0.39 is 16.7 Å². The van der Waals surface area contributed by atoms with Crippen LogP contribution in [-0.2, 0) is 16.6 Å². The highest BCUT2D eigenvalue weighted by atomic mass is 35.5. The summed E-state index contributed by atoms with van der Waals surface area (Å²) in [5.41, 5.74) is 12.5. The van der Waals surface area contributed by atoms with Crippen LogP contribution in [0.15, 0.2) is 47.4 Å². The molecule has 1 amide bonds. The molecule has 0 bridgehead atoms. The first-order valence-electron chi connectivity index (χ1n) is 5.79. The smallest absolute Gasteiger partial charge is 0.248 e. The van der Waals surface area contributed by atoms with E-state index in [9.17, 15) is 9.00 Å². The van der Waals surface area contributed by atoms with Gasteiger partial charge < -0.3 is 11.5 Å². The minimum Gasteiger partial charge on any atom is -0.399 e. The van der Waals surface area contributed by atoms with Crippen molar-refractivity contribution in [2.45, 2.75) is 10.6 Å². The molecule has 0 spiro atoms. The molecule has 1 atom stereocenters. The summed E-state index contributed by atoms with van der Waals surface area (Å²) in [6, 6.07) is 11.6. The van der Waals surface area contributed by atoms with Gasteiger partial charge in [0.15, 0.2) is 0 Å². The van der Waals surface area contributed by atoms with Crippen LogP contribution in [0.1, 0.15) is 15.9 Å². The SMILES string of the molecule is NC(=O)c1cccc(CS(=O)c2ccc(N)cc2Cl)c1. The lowest BCUT2D eigenvalue weighted by Gasteiger charge is -2.06. The van der Waals surface area contributed by atoms with Gasteiger partial charge in [0.25, 0.3) is 0 Å². The van der Waals surface area contributed by atoms with Crippen molar-refractivity contribution in [3.8, 4) is 0 Å². The summed E-state index contributed by atoms with van der Waals surface area (Å²) in [7, 11) is -1.32. The number of hydrogen-bond donors (Lipinski definition) is 2. The molecule has 104 valence electrons. The molecule has 0 saturated heterocycles. The zero-order chi connectivity index (χ0) is 14.7. The van der Waals surface area contributed by atoms with E-state index in [1.54, 1.807) is 42.5 Å². The van der Waals surface area contributed by atoms with E-state index in [2.05, 4.69) is 0 Å². The van der Waals surface area contributed by atoms with Gasteiger partial charge >= 0.3 is 0 Å². The van der Waals surface area contributed by atoms with Crippen LogP contribution < -0.4 is 11.5 Å². The number of amides is 1. The molecule has 4 N–H and O–H groups in total. The number of nitrogens with two attached hydrogens (primary N) is 2. The molecule has 0 fully saturated rings. The van der Waals surface area contributed by atoms with E-state index in [4.69, 9.17) is 23.1 Å².